The van der Waals surface area contributed by atoms with E-state index in [2.05, 4.69) is 28.5 Å². The third-order valence-electron chi connectivity index (χ3n) is 4.30. The molecule has 4 nitrogen and oxygen atoms in total. The normalized spacial score (nSPS) is 10.6. The zero-order valence-corrected chi connectivity index (χ0v) is 14.1. The van der Waals surface area contributed by atoms with Crippen molar-refractivity contribution in [2.75, 3.05) is 11.9 Å². The van der Waals surface area contributed by atoms with Crippen LogP contribution in [0.2, 0.25) is 0 Å². The molecule has 1 aromatic heterocycles. The van der Waals surface area contributed by atoms with Gasteiger partial charge in [-0.1, -0.05) is 66.7 Å². The van der Waals surface area contributed by atoms with E-state index in [0.717, 1.165) is 22.8 Å². The molecule has 0 atom stereocenters. The van der Waals surface area contributed by atoms with Crippen molar-refractivity contribution in [1.82, 2.24) is 4.98 Å². The number of hydrogen-bond donors (Lipinski definition) is 1. The smallest absolute Gasteiger partial charge is 0.232 e. The first-order valence-electron chi connectivity index (χ1n) is 8.52. The molecule has 0 saturated heterocycles. The highest BCUT2D eigenvalue weighted by Crippen LogP contribution is 2.31. The molecule has 3 aromatic carbocycles. The predicted octanol–water partition coefficient (Wildman–Crippen LogP) is 5.02. The Kier molecular flexibility index (Phi) is 4.36. The monoisotopic (exact) mass is 339 g/mol. The van der Waals surface area contributed by atoms with E-state index in [1.54, 1.807) is 0 Å². The second-order valence-corrected chi connectivity index (χ2v) is 6.00. The fourth-order valence-corrected chi connectivity index (χ4v) is 3.01. The van der Waals surface area contributed by atoms with Crippen molar-refractivity contribution in [3.05, 3.63) is 84.1 Å². The topological polar surface area (TPSA) is 61.9 Å². The van der Waals surface area contributed by atoms with E-state index < -0.39 is 0 Å². The molecule has 4 aromatic rings. The number of nitrogens with zero attached hydrogens (tertiary/aromatic N) is 2. The third-order valence-corrected chi connectivity index (χ3v) is 4.30. The zero-order valence-electron chi connectivity index (χ0n) is 14.1. The third kappa shape index (κ3) is 3.15. The van der Waals surface area contributed by atoms with Crippen molar-refractivity contribution >= 4 is 16.7 Å². The average molecular weight is 339 g/mol. The average Bonchev–Trinajstić information content (AvgIpc) is 3.11. The summed E-state index contributed by atoms with van der Waals surface area (Å²) >= 11 is 0. The van der Waals surface area contributed by atoms with Crippen LogP contribution in [0.3, 0.4) is 0 Å². The van der Waals surface area contributed by atoms with E-state index in [1.165, 1.54) is 5.56 Å². The molecule has 0 fully saturated rings. The molecule has 0 amide bonds. The Bertz CT molecular complexity index is 1070. The SMILES string of the molecule is N#Cc1nc(-c2cccc3ccccc23)oc1NCCc1ccccc1. The summed E-state index contributed by atoms with van der Waals surface area (Å²) in [5, 5.41) is 14.8. The maximum Gasteiger partial charge on any atom is 0.232 e. The van der Waals surface area contributed by atoms with E-state index in [1.807, 2.05) is 60.7 Å². The summed E-state index contributed by atoms with van der Waals surface area (Å²) in [5.41, 5.74) is 2.39. The Morgan fingerprint density at radius 3 is 2.54 bits per heavy atom. The number of hydrogen-bond acceptors (Lipinski definition) is 4. The van der Waals surface area contributed by atoms with Crippen LogP contribution in [0.4, 0.5) is 5.88 Å². The Morgan fingerprint density at radius 2 is 1.69 bits per heavy atom. The van der Waals surface area contributed by atoms with Crippen LogP contribution in [0, 0.1) is 11.3 Å². The first-order valence-corrected chi connectivity index (χ1v) is 8.52. The van der Waals surface area contributed by atoms with E-state index in [9.17, 15) is 5.26 Å². The Hall–Kier alpha value is -3.58. The number of anilines is 1. The minimum atomic E-state index is 0.279. The van der Waals surface area contributed by atoms with Gasteiger partial charge >= 0.3 is 0 Å². The van der Waals surface area contributed by atoms with Gasteiger partial charge in [-0.05, 0) is 28.8 Å². The van der Waals surface area contributed by atoms with Crippen LogP contribution in [-0.4, -0.2) is 11.5 Å². The van der Waals surface area contributed by atoms with Crippen molar-refractivity contribution in [3.63, 3.8) is 0 Å². The van der Waals surface area contributed by atoms with Crippen molar-refractivity contribution in [3.8, 4) is 17.5 Å². The molecule has 126 valence electrons. The van der Waals surface area contributed by atoms with Crippen LogP contribution in [0.5, 0.6) is 0 Å². The zero-order chi connectivity index (χ0) is 17.8. The maximum absolute atomic E-state index is 9.40. The Morgan fingerprint density at radius 1 is 0.923 bits per heavy atom. The first kappa shape index (κ1) is 15.9. The first-order chi connectivity index (χ1) is 12.8. The number of fused-ring (bicyclic) bond motifs is 1. The summed E-state index contributed by atoms with van der Waals surface area (Å²) in [6.07, 6.45) is 0.843. The number of rotatable bonds is 5. The lowest BCUT2D eigenvalue weighted by Gasteiger charge is -2.04. The van der Waals surface area contributed by atoms with Crippen LogP contribution in [0.25, 0.3) is 22.2 Å². The van der Waals surface area contributed by atoms with Crippen LogP contribution in [-0.2, 0) is 6.42 Å². The highest BCUT2D eigenvalue weighted by atomic mass is 16.4. The number of nitrogens with one attached hydrogen (secondary N) is 1. The molecule has 0 bridgehead atoms. The second kappa shape index (κ2) is 7.12. The highest BCUT2D eigenvalue weighted by Gasteiger charge is 2.15. The van der Waals surface area contributed by atoms with Gasteiger partial charge in [0.15, 0.2) is 0 Å². The summed E-state index contributed by atoms with van der Waals surface area (Å²) < 4.78 is 5.89. The van der Waals surface area contributed by atoms with Crippen molar-refractivity contribution in [1.29, 1.82) is 5.26 Å². The van der Waals surface area contributed by atoms with Crippen LogP contribution < -0.4 is 5.32 Å². The lowest BCUT2D eigenvalue weighted by molar-refractivity contribution is 0.586. The van der Waals surface area contributed by atoms with E-state index in [0.29, 0.717) is 18.3 Å². The van der Waals surface area contributed by atoms with Gasteiger partial charge in [0.1, 0.15) is 6.07 Å². The summed E-state index contributed by atoms with van der Waals surface area (Å²) in [6, 6.07) is 26.3. The molecule has 0 aliphatic rings. The van der Waals surface area contributed by atoms with Crippen LogP contribution in [0.15, 0.2) is 77.2 Å². The minimum Gasteiger partial charge on any atom is -0.419 e. The number of benzene rings is 3. The molecular weight excluding hydrogens is 322 g/mol. The van der Waals surface area contributed by atoms with Crippen molar-refractivity contribution in [2.24, 2.45) is 0 Å². The molecule has 0 unspecified atom stereocenters. The molecule has 0 aliphatic heterocycles. The molecule has 4 heteroatoms. The summed E-state index contributed by atoms with van der Waals surface area (Å²) in [6.45, 7) is 0.670. The van der Waals surface area contributed by atoms with E-state index in [4.69, 9.17) is 4.42 Å². The van der Waals surface area contributed by atoms with Gasteiger partial charge in [0, 0.05) is 12.1 Å². The molecular formula is C22H17N3O. The molecule has 26 heavy (non-hydrogen) atoms. The molecule has 0 saturated carbocycles. The van der Waals surface area contributed by atoms with E-state index >= 15 is 0 Å². The number of aromatic nitrogens is 1. The Balaban J connectivity index is 1.60. The van der Waals surface area contributed by atoms with Crippen LogP contribution >= 0.6 is 0 Å². The van der Waals surface area contributed by atoms with Gasteiger partial charge in [-0.2, -0.15) is 10.2 Å². The molecule has 1 heterocycles. The Labute approximate surface area is 151 Å². The van der Waals surface area contributed by atoms with Crippen molar-refractivity contribution < 1.29 is 4.42 Å². The molecule has 0 aliphatic carbocycles. The predicted molar refractivity (Wildman–Crippen MR) is 103 cm³/mol. The van der Waals surface area contributed by atoms with Gasteiger partial charge in [-0.3, -0.25) is 0 Å². The van der Waals surface area contributed by atoms with Gasteiger partial charge in [0.2, 0.25) is 17.5 Å². The lowest BCUT2D eigenvalue weighted by atomic mass is 10.0. The minimum absolute atomic E-state index is 0.279. The highest BCUT2D eigenvalue weighted by molar-refractivity contribution is 5.94. The fourth-order valence-electron chi connectivity index (χ4n) is 3.01. The van der Waals surface area contributed by atoms with E-state index in [-0.39, 0.29) is 5.69 Å². The fraction of sp³-hybridized carbons (Fsp3) is 0.0909. The van der Waals surface area contributed by atoms with Gasteiger partial charge in [0.05, 0.1) is 0 Å². The number of nitriles is 1. The van der Waals surface area contributed by atoms with Crippen LogP contribution in [0.1, 0.15) is 11.3 Å². The lowest BCUT2D eigenvalue weighted by Crippen LogP contribution is -2.05. The van der Waals surface area contributed by atoms with Gasteiger partial charge in [-0.25, -0.2) is 0 Å². The molecule has 1 N–H and O–H groups in total. The standard InChI is InChI=1S/C22H17N3O/c23-15-20-22(24-14-13-16-7-2-1-3-8-16)26-21(25-20)19-12-6-10-17-9-4-5-11-18(17)19/h1-12,24H,13-14H2. The van der Waals surface area contributed by atoms with Crippen molar-refractivity contribution in [2.45, 2.75) is 6.42 Å². The maximum atomic E-state index is 9.40. The van der Waals surface area contributed by atoms with Gasteiger partial charge < -0.3 is 9.73 Å². The summed E-state index contributed by atoms with van der Waals surface area (Å²) in [7, 11) is 0. The number of oxazole rings is 1. The quantitative estimate of drug-likeness (QED) is 0.554. The molecule has 0 radical (unpaired) electrons. The molecule has 4 rings (SSSR count). The van der Waals surface area contributed by atoms with Gasteiger partial charge in [0.25, 0.3) is 0 Å². The van der Waals surface area contributed by atoms with Gasteiger partial charge in [-0.15, -0.1) is 0 Å². The largest absolute Gasteiger partial charge is 0.419 e. The second-order valence-electron chi connectivity index (χ2n) is 6.00. The summed E-state index contributed by atoms with van der Waals surface area (Å²) in [4.78, 5) is 4.38. The molecule has 0 spiro atoms. The summed E-state index contributed by atoms with van der Waals surface area (Å²) in [5.74, 6) is 0.881.